The maximum absolute atomic E-state index is 12.2. The van der Waals surface area contributed by atoms with Crippen molar-refractivity contribution in [2.45, 2.75) is 72.6 Å². The van der Waals surface area contributed by atoms with E-state index in [1.54, 1.807) is 0 Å². The van der Waals surface area contributed by atoms with Gasteiger partial charge in [0.15, 0.2) is 0 Å². The molecule has 132 valence electrons. The molecule has 3 heteroatoms. The van der Waals surface area contributed by atoms with E-state index in [1.165, 1.54) is 51.8 Å². The zero-order valence-electron chi connectivity index (χ0n) is 15.6. The van der Waals surface area contributed by atoms with Crippen LogP contribution in [0.1, 0.15) is 75.2 Å². The molecule has 1 aliphatic rings. The quantitative estimate of drug-likeness (QED) is 0.306. The molecule has 0 aliphatic carbocycles. The van der Waals surface area contributed by atoms with Crippen LogP contribution in [0.2, 0.25) is 13.3 Å². The number of carbonyl (C=O) groups excluding carboxylic acids is 1. The Morgan fingerprint density at radius 2 is 1.38 bits per heavy atom. The summed E-state index contributed by atoms with van der Waals surface area (Å²) in [6.45, 7) is 6.86. The van der Waals surface area contributed by atoms with Gasteiger partial charge in [0.25, 0.3) is 0 Å². The molecule has 1 aliphatic heterocycles. The molecule has 1 aromatic carbocycles. The number of fused-ring (bicyclic) bond motifs is 1. The van der Waals surface area contributed by atoms with Crippen LogP contribution in [0.25, 0.3) is 5.76 Å². The zero-order valence-corrected chi connectivity index (χ0v) is 18.4. The number of esters is 1. The third-order valence-electron chi connectivity index (χ3n) is 5.14. The zero-order chi connectivity index (χ0) is 17.4. The standard InChI is InChI=1S/C9H5O2.3C4H9.Sn/c1-6-7-4-2-3-5-8(7)9(10)11-6;3*1-3-4-2;/h1-5H;3*1,3-4H2,2H3;. The molecule has 1 aromatic rings. The fraction of sp³-hybridized carbons (Fsp3) is 0.571. The number of hydrogen-bond donors (Lipinski definition) is 0. The number of rotatable bonds is 10. The van der Waals surface area contributed by atoms with E-state index in [0.717, 1.165) is 16.9 Å². The number of cyclic esters (lactones) is 1. The van der Waals surface area contributed by atoms with Crippen LogP contribution in [0.3, 0.4) is 0 Å². The second kappa shape index (κ2) is 9.64. The monoisotopic (exact) mass is 436 g/mol. The molecule has 24 heavy (non-hydrogen) atoms. The van der Waals surface area contributed by atoms with Gasteiger partial charge in [-0.1, -0.05) is 0 Å². The van der Waals surface area contributed by atoms with E-state index in [-0.39, 0.29) is 5.97 Å². The van der Waals surface area contributed by atoms with Crippen molar-refractivity contribution in [3.8, 4) is 0 Å². The van der Waals surface area contributed by atoms with Gasteiger partial charge < -0.3 is 0 Å². The van der Waals surface area contributed by atoms with E-state index in [4.69, 9.17) is 4.74 Å². The van der Waals surface area contributed by atoms with E-state index in [9.17, 15) is 4.79 Å². The molecule has 0 bridgehead atoms. The topological polar surface area (TPSA) is 26.3 Å². The van der Waals surface area contributed by atoms with Crippen molar-refractivity contribution in [3.63, 3.8) is 0 Å². The molecule has 0 fully saturated rings. The van der Waals surface area contributed by atoms with Crippen molar-refractivity contribution >= 4 is 30.1 Å². The minimum absolute atomic E-state index is 0.168. The molecule has 0 amide bonds. The Morgan fingerprint density at radius 3 is 1.88 bits per heavy atom. The summed E-state index contributed by atoms with van der Waals surface area (Å²) in [4.78, 5) is 12.2. The molecule has 2 nitrogen and oxygen atoms in total. The van der Waals surface area contributed by atoms with Crippen LogP contribution in [0, 0.1) is 0 Å². The van der Waals surface area contributed by atoms with Gasteiger partial charge in [-0.3, -0.25) is 0 Å². The Morgan fingerprint density at radius 1 is 0.875 bits per heavy atom. The Kier molecular flexibility index (Phi) is 7.86. The van der Waals surface area contributed by atoms with Gasteiger partial charge in [-0.2, -0.15) is 0 Å². The van der Waals surface area contributed by atoms with E-state index in [1.807, 2.05) is 24.3 Å². The first-order chi connectivity index (χ1) is 11.7. The average molecular weight is 435 g/mol. The third-order valence-corrected chi connectivity index (χ3v) is 19.2. The maximum atomic E-state index is 12.2. The van der Waals surface area contributed by atoms with E-state index in [2.05, 4.69) is 24.9 Å². The summed E-state index contributed by atoms with van der Waals surface area (Å²) in [5.74, 6) is 0.716. The van der Waals surface area contributed by atoms with Gasteiger partial charge in [0.2, 0.25) is 0 Å². The van der Waals surface area contributed by atoms with Crippen molar-refractivity contribution < 1.29 is 9.53 Å². The fourth-order valence-corrected chi connectivity index (χ4v) is 18.3. The van der Waals surface area contributed by atoms with E-state index >= 15 is 0 Å². The molecule has 0 atom stereocenters. The summed E-state index contributed by atoms with van der Waals surface area (Å²) in [5.41, 5.74) is 1.76. The van der Waals surface area contributed by atoms with E-state index in [0.29, 0.717) is 0 Å². The van der Waals surface area contributed by atoms with Crippen molar-refractivity contribution in [3.05, 3.63) is 39.5 Å². The van der Waals surface area contributed by atoms with Crippen molar-refractivity contribution in [1.82, 2.24) is 0 Å². The van der Waals surface area contributed by atoms with Crippen molar-refractivity contribution in [2.75, 3.05) is 0 Å². The second-order valence-corrected chi connectivity index (χ2v) is 20.0. The van der Waals surface area contributed by atoms with Crippen LogP contribution in [0.5, 0.6) is 0 Å². The predicted molar refractivity (Wildman–Crippen MR) is 105 cm³/mol. The molecule has 0 aromatic heterocycles. The van der Waals surface area contributed by atoms with Gasteiger partial charge in [0.1, 0.15) is 0 Å². The average Bonchev–Trinajstić information content (AvgIpc) is 2.92. The summed E-state index contributed by atoms with van der Waals surface area (Å²) in [7, 11) is 0. The first kappa shape index (κ1) is 19.6. The molecule has 0 spiro atoms. The fourth-order valence-electron chi connectivity index (χ4n) is 3.65. The summed E-state index contributed by atoms with van der Waals surface area (Å²) in [5, 5.41) is 0. The molecule has 1 heterocycles. The molecule has 0 saturated heterocycles. The van der Waals surface area contributed by atoms with Crippen LogP contribution in [-0.2, 0) is 4.74 Å². The minimum atomic E-state index is -2.44. The predicted octanol–water partition coefficient (Wildman–Crippen LogP) is 6.59. The summed E-state index contributed by atoms with van der Waals surface area (Å²) in [6.07, 6.45) is 7.75. The SMILES string of the molecule is CCC[CH2][Sn](/[CH]=C1/OC(=O)c2ccccc21)([CH2]CCC)[CH2]CCC. The molecule has 0 radical (unpaired) electrons. The molecular weight excluding hydrogens is 403 g/mol. The van der Waals surface area contributed by atoms with Crippen LogP contribution in [-0.4, -0.2) is 24.3 Å². The number of ether oxygens (including phenoxy) is 1. The van der Waals surface area contributed by atoms with Gasteiger partial charge >= 0.3 is 152 Å². The molecule has 0 N–H and O–H groups in total. The summed E-state index contributed by atoms with van der Waals surface area (Å²) in [6, 6.07) is 7.86. The number of unbranched alkanes of at least 4 members (excludes halogenated alkanes) is 3. The van der Waals surface area contributed by atoms with Crippen LogP contribution in [0.4, 0.5) is 0 Å². The molecule has 2 rings (SSSR count). The Hall–Kier alpha value is -0.771. The van der Waals surface area contributed by atoms with Crippen LogP contribution < -0.4 is 0 Å². The van der Waals surface area contributed by atoms with Crippen molar-refractivity contribution in [2.24, 2.45) is 0 Å². The number of benzene rings is 1. The third kappa shape index (κ3) is 4.87. The normalized spacial score (nSPS) is 15.6. The van der Waals surface area contributed by atoms with Gasteiger partial charge in [-0.05, 0) is 0 Å². The Labute approximate surface area is 151 Å². The second-order valence-electron chi connectivity index (χ2n) is 7.12. The van der Waals surface area contributed by atoms with Gasteiger partial charge in [0.05, 0.1) is 0 Å². The molecular formula is C21H32O2Sn. The number of hydrogen-bond acceptors (Lipinski definition) is 2. The van der Waals surface area contributed by atoms with Gasteiger partial charge in [0, 0.05) is 0 Å². The first-order valence-electron chi connectivity index (χ1n) is 9.70. The van der Waals surface area contributed by atoms with Crippen molar-refractivity contribution in [1.29, 1.82) is 0 Å². The Bertz CT molecular complexity index is 555. The van der Waals surface area contributed by atoms with Crippen LogP contribution >= 0.6 is 0 Å². The van der Waals surface area contributed by atoms with Gasteiger partial charge in [-0.15, -0.1) is 0 Å². The summed E-state index contributed by atoms with van der Waals surface area (Å²) >= 11 is -2.44. The van der Waals surface area contributed by atoms with E-state index < -0.39 is 18.4 Å². The Balaban J connectivity index is 2.36. The molecule has 0 saturated carbocycles. The van der Waals surface area contributed by atoms with Crippen LogP contribution in [0.15, 0.2) is 28.4 Å². The first-order valence-corrected chi connectivity index (χ1v) is 17.4. The summed E-state index contributed by atoms with van der Waals surface area (Å²) < 4.78 is 12.4. The number of carbonyl (C=O) groups is 1. The molecule has 0 unspecified atom stereocenters. The van der Waals surface area contributed by atoms with Gasteiger partial charge in [-0.25, -0.2) is 0 Å².